The Hall–Kier alpha value is -3.59. The van der Waals surface area contributed by atoms with Crippen LogP contribution in [0.15, 0.2) is 58.5 Å². The van der Waals surface area contributed by atoms with Crippen LogP contribution in [0, 0.1) is 6.92 Å². The summed E-state index contributed by atoms with van der Waals surface area (Å²) in [6.07, 6.45) is 0.894. The monoisotopic (exact) mass is 491 g/mol. The van der Waals surface area contributed by atoms with Crippen molar-refractivity contribution in [3.63, 3.8) is 0 Å². The molecule has 2 aromatic carbocycles. The highest BCUT2D eigenvalue weighted by atomic mass is 32.2. The second kappa shape index (κ2) is 10.8. The number of fused-ring (bicyclic) bond motifs is 1. The second-order valence-corrected chi connectivity index (χ2v) is 9.07. The highest BCUT2D eigenvalue weighted by Crippen LogP contribution is 2.22. The van der Waals surface area contributed by atoms with Crippen LogP contribution in [0.2, 0.25) is 0 Å². The number of hydrogen-bond acceptors (Lipinski definition) is 6. The molecule has 0 atom stereocenters. The van der Waals surface area contributed by atoms with Crippen molar-refractivity contribution in [2.24, 2.45) is 0 Å². The fraction of sp³-hybridized carbons (Fsp3) is 0.308. The van der Waals surface area contributed by atoms with Crippen molar-refractivity contribution in [1.82, 2.24) is 19.3 Å². The number of anilines is 1. The number of rotatable bonds is 9. The smallest absolute Gasteiger partial charge is 0.280 e. The molecule has 0 saturated heterocycles. The van der Waals surface area contributed by atoms with E-state index < -0.39 is 0 Å². The van der Waals surface area contributed by atoms with Crippen LogP contribution < -0.4 is 15.6 Å². The van der Waals surface area contributed by atoms with Gasteiger partial charge in [0, 0.05) is 12.2 Å². The summed E-state index contributed by atoms with van der Waals surface area (Å²) >= 11 is 1.24. The van der Waals surface area contributed by atoms with Crippen molar-refractivity contribution in [3.8, 4) is 5.75 Å². The number of methoxy groups -OCH3 is 1. The van der Waals surface area contributed by atoms with Crippen molar-refractivity contribution >= 4 is 34.4 Å². The third-order valence-corrected chi connectivity index (χ3v) is 6.71. The van der Waals surface area contributed by atoms with Crippen LogP contribution in [0.3, 0.4) is 0 Å². The number of ether oxygens (including phenoxy) is 1. The van der Waals surface area contributed by atoms with E-state index in [4.69, 9.17) is 9.72 Å². The predicted molar refractivity (Wildman–Crippen MR) is 139 cm³/mol. The molecular formula is C26H29N5O3S. The first-order valence-corrected chi connectivity index (χ1v) is 12.5. The lowest BCUT2D eigenvalue weighted by molar-refractivity contribution is -0.113. The van der Waals surface area contributed by atoms with Gasteiger partial charge < -0.3 is 10.1 Å². The summed E-state index contributed by atoms with van der Waals surface area (Å²) in [6, 6.07) is 15.3. The van der Waals surface area contributed by atoms with Gasteiger partial charge in [-0.2, -0.15) is 5.10 Å². The fourth-order valence-corrected chi connectivity index (χ4v) is 4.67. The molecule has 8 nitrogen and oxygen atoms in total. The molecule has 0 spiro atoms. The zero-order chi connectivity index (χ0) is 24.9. The van der Waals surface area contributed by atoms with Gasteiger partial charge in [-0.1, -0.05) is 43.0 Å². The maximum atomic E-state index is 13.6. The van der Waals surface area contributed by atoms with E-state index in [0.29, 0.717) is 35.0 Å². The van der Waals surface area contributed by atoms with Gasteiger partial charge in [0.25, 0.3) is 5.56 Å². The molecule has 2 heterocycles. The van der Waals surface area contributed by atoms with Crippen molar-refractivity contribution < 1.29 is 9.53 Å². The Morgan fingerprint density at radius 1 is 1.11 bits per heavy atom. The van der Waals surface area contributed by atoms with Crippen molar-refractivity contribution in [3.05, 3.63) is 75.7 Å². The summed E-state index contributed by atoms with van der Waals surface area (Å²) in [6.45, 7) is 6.75. The van der Waals surface area contributed by atoms with Crippen LogP contribution in [-0.4, -0.2) is 38.1 Å². The van der Waals surface area contributed by atoms with Crippen molar-refractivity contribution in [2.45, 2.75) is 45.4 Å². The molecule has 0 aliphatic rings. The molecule has 0 aliphatic heterocycles. The predicted octanol–water partition coefficient (Wildman–Crippen LogP) is 4.27. The van der Waals surface area contributed by atoms with Crippen LogP contribution in [0.1, 0.15) is 30.7 Å². The van der Waals surface area contributed by atoms with E-state index in [2.05, 4.69) is 17.3 Å². The lowest BCUT2D eigenvalue weighted by Crippen LogP contribution is -2.26. The third kappa shape index (κ3) is 5.40. The molecule has 1 N–H and O–H groups in total. The van der Waals surface area contributed by atoms with E-state index in [9.17, 15) is 9.59 Å². The Morgan fingerprint density at radius 2 is 1.89 bits per heavy atom. The molecule has 4 rings (SSSR count). The van der Waals surface area contributed by atoms with Gasteiger partial charge in [0.05, 0.1) is 25.1 Å². The standard InChI is InChI=1S/C26H29N5O3S/c1-5-18-8-7-9-20(14-18)27-22(32)16-35-26-28-23-17(3)29-31(6-2)24(23)25(33)30(26)15-19-10-12-21(34-4)13-11-19/h7-14H,5-6,15-16H2,1-4H3,(H,27,32). The molecule has 1 amide bonds. The Balaban J connectivity index is 1.65. The number of thioether (sulfide) groups is 1. The zero-order valence-corrected chi connectivity index (χ0v) is 21.2. The molecular weight excluding hydrogens is 462 g/mol. The normalized spacial score (nSPS) is 11.1. The van der Waals surface area contributed by atoms with Gasteiger partial charge in [-0.3, -0.25) is 18.8 Å². The molecule has 0 saturated carbocycles. The topological polar surface area (TPSA) is 91.0 Å². The van der Waals surface area contributed by atoms with E-state index in [1.807, 2.05) is 62.4 Å². The van der Waals surface area contributed by atoms with E-state index in [0.717, 1.165) is 29.0 Å². The quantitative estimate of drug-likeness (QED) is 0.278. The molecule has 0 fully saturated rings. The molecule has 35 heavy (non-hydrogen) atoms. The Labute approximate surface area is 208 Å². The average Bonchev–Trinajstić information content (AvgIpc) is 3.20. The lowest BCUT2D eigenvalue weighted by atomic mass is 10.1. The molecule has 4 aromatic rings. The SMILES string of the molecule is CCc1cccc(NC(=O)CSc2nc3c(C)nn(CC)c3c(=O)n2Cc2ccc(OC)cc2)c1. The van der Waals surface area contributed by atoms with E-state index in [-0.39, 0.29) is 17.2 Å². The maximum absolute atomic E-state index is 13.6. The molecule has 0 unspecified atom stereocenters. The Kier molecular flexibility index (Phi) is 7.55. The van der Waals surface area contributed by atoms with Gasteiger partial charge in [-0.15, -0.1) is 0 Å². The molecule has 182 valence electrons. The van der Waals surface area contributed by atoms with E-state index in [1.165, 1.54) is 11.8 Å². The number of nitrogens with one attached hydrogen (secondary N) is 1. The molecule has 0 radical (unpaired) electrons. The van der Waals surface area contributed by atoms with Gasteiger partial charge in [-0.05, 0) is 55.7 Å². The zero-order valence-electron chi connectivity index (χ0n) is 20.4. The number of aryl methyl sites for hydroxylation is 3. The minimum absolute atomic E-state index is 0.123. The number of hydrogen-bond donors (Lipinski definition) is 1. The van der Waals surface area contributed by atoms with Gasteiger partial charge in [0.1, 0.15) is 11.3 Å². The highest BCUT2D eigenvalue weighted by Gasteiger charge is 2.19. The fourth-order valence-electron chi connectivity index (χ4n) is 3.88. The summed E-state index contributed by atoms with van der Waals surface area (Å²) in [7, 11) is 1.61. The number of amides is 1. The largest absolute Gasteiger partial charge is 0.497 e. The second-order valence-electron chi connectivity index (χ2n) is 8.12. The summed E-state index contributed by atoms with van der Waals surface area (Å²) in [4.78, 5) is 31.1. The van der Waals surface area contributed by atoms with Crippen LogP contribution in [0.4, 0.5) is 5.69 Å². The lowest BCUT2D eigenvalue weighted by Gasteiger charge is -2.13. The number of carbonyl (C=O) groups excluding carboxylic acids is 1. The minimum Gasteiger partial charge on any atom is -0.497 e. The van der Waals surface area contributed by atoms with Crippen LogP contribution in [0.25, 0.3) is 11.0 Å². The number of benzene rings is 2. The minimum atomic E-state index is -0.174. The van der Waals surface area contributed by atoms with Gasteiger partial charge >= 0.3 is 0 Å². The van der Waals surface area contributed by atoms with Crippen LogP contribution >= 0.6 is 11.8 Å². The molecule has 9 heteroatoms. The molecule has 0 bridgehead atoms. The first kappa shape index (κ1) is 24.5. The van der Waals surface area contributed by atoms with Crippen molar-refractivity contribution in [1.29, 1.82) is 0 Å². The molecule has 0 aliphatic carbocycles. The van der Waals surface area contributed by atoms with Crippen LogP contribution in [-0.2, 0) is 24.3 Å². The first-order chi connectivity index (χ1) is 16.9. The Bertz CT molecular complexity index is 1410. The summed E-state index contributed by atoms with van der Waals surface area (Å²) < 4.78 is 8.55. The summed E-state index contributed by atoms with van der Waals surface area (Å²) in [5.74, 6) is 0.708. The van der Waals surface area contributed by atoms with Gasteiger partial charge in [0.15, 0.2) is 10.7 Å². The van der Waals surface area contributed by atoms with E-state index >= 15 is 0 Å². The summed E-state index contributed by atoms with van der Waals surface area (Å²) in [5.41, 5.74) is 4.40. The van der Waals surface area contributed by atoms with E-state index in [1.54, 1.807) is 16.4 Å². The Morgan fingerprint density at radius 3 is 2.57 bits per heavy atom. The number of carbonyl (C=O) groups is 1. The van der Waals surface area contributed by atoms with Gasteiger partial charge in [0.2, 0.25) is 5.91 Å². The average molecular weight is 492 g/mol. The highest BCUT2D eigenvalue weighted by molar-refractivity contribution is 7.99. The first-order valence-electron chi connectivity index (χ1n) is 11.6. The summed E-state index contributed by atoms with van der Waals surface area (Å²) in [5, 5.41) is 7.91. The maximum Gasteiger partial charge on any atom is 0.280 e. The third-order valence-electron chi connectivity index (χ3n) is 5.73. The number of nitrogens with zero attached hydrogens (tertiary/aromatic N) is 4. The number of aromatic nitrogens is 4. The molecule has 2 aromatic heterocycles. The van der Waals surface area contributed by atoms with Crippen molar-refractivity contribution in [2.75, 3.05) is 18.2 Å². The van der Waals surface area contributed by atoms with Crippen LogP contribution in [0.5, 0.6) is 5.75 Å². The van der Waals surface area contributed by atoms with Gasteiger partial charge in [-0.25, -0.2) is 4.98 Å².